The number of ether oxygens (including phenoxy) is 3. The summed E-state index contributed by atoms with van der Waals surface area (Å²) in [5.74, 6) is 0.542. The zero-order valence-corrected chi connectivity index (χ0v) is 18.1. The molecular weight excluding hydrogens is 346 g/mol. The van der Waals surface area contributed by atoms with Crippen LogP contribution in [0.3, 0.4) is 0 Å². The molecule has 27 heavy (non-hydrogen) atoms. The first kappa shape index (κ1) is 26.3. The van der Waals surface area contributed by atoms with E-state index in [4.69, 9.17) is 14.2 Å². The molecule has 0 spiro atoms. The molecule has 1 aliphatic heterocycles. The maximum Gasteiger partial charge on any atom is 0.220 e. The molecular formula is C20H45N3O4. The Morgan fingerprint density at radius 2 is 1.59 bits per heavy atom. The Labute approximate surface area is 168 Å². The van der Waals surface area contributed by atoms with Gasteiger partial charge in [-0.1, -0.05) is 34.1 Å². The molecule has 7 nitrogen and oxygen atoms in total. The summed E-state index contributed by atoms with van der Waals surface area (Å²) in [7, 11) is 0. The summed E-state index contributed by atoms with van der Waals surface area (Å²) in [6, 6.07) is 0. The third-order valence-corrected chi connectivity index (χ3v) is 4.30. The number of nitrogens with zero attached hydrogens (tertiary/aromatic N) is 1. The molecule has 0 bridgehead atoms. The number of rotatable bonds is 15. The fraction of sp³-hybridized carbons (Fsp3) is 0.950. The third-order valence-electron chi connectivity index (χ3n) is 4.30. The molecule has 1 fully saturated rings. The van der Waals surface area contributed by atoms with Crippen LogP contribution in [-0.2, 0) is 19.0 Å². The monoisotopic (exact) mass is 391 g/mol. The molecule has 0 aliphatic carbocycles. The Hall–Kier alpha value is -0.730. The van der Waals surface area contributed by atoms with Crippen LogP contribution in [0.4, 0.5) is 0 Å². The summed E-state index contributed by atoms with van der Waals surface area (Å²) >= 11 is 0. The minimum Gasteiger partial charge on any atom is -0.378 e. The van der Waals surface area contributed by atoms with Crippen LogP contribution >= 0.6 is 0 Å². The van der Waals surface area contributed by atoms with Crippen LogP contribution in [0, 0.1) is 5.92 Å². The summed E-state index contributed by atoms with van der Waals surface area (Å²) in [6.45, 7) is 17.7. The minimum atomic E-state index is 0. The van der Waals surface area contributed by atoms with Gasteiger partial charge in [0.25, 0.3) is 0 Å². The Balaban J connectivity index is 0. The van der Waals surface area contributed by atoms with E-state index in [9.17, 15) is 4.79 Å². The molecule has 1 unspecified atom stereocenters. The lowest BCUT2D eigenvalue weighted by Crippen LogP contribution is -2.44. The lowest BCUT2D eigenvalue weighted by atomic mass is 10.1. The molecule has 0 aromatic heterocycles. The van der Waals surface area contributed by atoms with Crippen LogP contribution in [0.2, 0.25) is 0 Å². The van der Waals surface area contributed by atoms with Gasteiger partial charge in [-0.3, -0.25) is 9.69 Å². The minimum absolute atomic E-state index is 0. The molecule has 1 rings (SSSR count). The first-order valence-corrected chi connectivity index (χ1v) is 10.7. The second kappa shape index (κ2) is 20.0. The van der Waals surface area contributed by atoms with E-state index < -0.39 is 0 Å². The third kappa shape index (κ3) is 17.1. The first-order valence-electron chi connectivity index (χ1n) is 10.7. The quantitative estimate of drug-likeness (QED) is 0.415. The first-order chi connectivity index (χ1) is 13.2. The molecule has 1 atom stereocenters. The maximum atomic E-state index is 11.6. The van der Waals surface area contributed by atoms with Gasteiger partial charge in [0, 0.05) is 47.1 Å². The van der Waals surface area contributed by atoms with Gasteiger partial charge in [0.15, 0.2) is 0 Å². The van der Waals surface area contributed by atoms with Crippen molar-refractivity contribution in [2.75, 3.05) is 78.9 Å². The van der Waals surface area contributed by atoms with E-state index in [0.29, 0.717) is 51.9 Å². The van der Waals surface area contributed by atoms with Gasteiger partial charge in [0.05, 0.1) is 39.6 Å². The van der Waals surface area contributed by atoms with Gasteiger partial charge in [-0.25, -0.2) is 0 Å². The molecule has 0 saturated carbocycles. The van der Waals surface area contributed by atoms with E-state index in [1.165, 1.54) is 0 Å². The molecule has 1 amide bonds. The van der Waals surface area contributed by atoms with Crippen LogP contribution < -0.4 is 10.6 Å². The highest BCUT2D eigenvalue weighted by atomic mass is 16.5. The molecule has 7 heteroatoms. The maximum absolute atomic E-state index is 11.6. The largest absolute Gasteiger partial charge is 0.378 e. The normalized spacial score (nSPS) is 15.7. The summed E-state index contributed by atoms with van der Waals surface area (Å²) in [5.41, 5.74) is 0. The standard InChI is InChI=1S/C18H37N3O4.C2H6.H2/c1-3-17(2)16-18(22)20-6-10-23-12-14-25-15-13-24-11-9-21-7-4-19-5-8-21;1-2;/h17,19H,3-16H2,1-2H3,(H,20,22);1-2H3;1H. The number of piperazine rings is 1. The zero-order chi connectivity index (χ0) is 20.2. The van der Waals surface area contributed by atoms with Gasteiger partial charge < -0.3 is 24.8 Å². The number of hydrogen-bond acceptors (Lipinski definition) is 6. The predicted octanol–water partition coefficient (Wildman–Crippen LogP) is 1.77. The second-order valence-corrected chi connectivity index (χ2v) is 6.50. The van der Waals surface area contributed by atoms with Crippen molar-refractivity contribution < 1.29 is 20.4 Å². The Morgan fingerprint density at radius 1 is 1.04 bits per heavy atom. The van der Waals surface area contributed by atoms with Gasteiger partial charge in [0.1, 0.15) is 0 Å². The molecule has 1 aliphatic rings. The van der Waals surface area contributed by atoms with E-state index in [1.807, 2.05) is 13.8 Å². The van der Waals surface area contributed by atoms with Gasteiger partial charge in [-0.2, -0.15) is 0 Å². The number of amides is 1. The van der Waals surface area contributed by atoms with Crippen molar-refractivity contribution in [1.82, 2.24) is 15.5 Å². The molecule has 164 valence electrons. The predicted molar refractivity (Wildman–Crippen MR) is 112 cm³/mol. The Bertz CT molecular complexity index is 333. The number of carbonyl (C=O) groups excluding carboxylic acids is 1. The highest BCUT2D eigenvalue weighted by molar-refractivity contribution is 5.76. The van der Waals surface area contributed by atoms with Crippen LogP contribution in [0.25, 0.3) is 0 Å². The number of nitrogens with one attached hydrogen (secondary N) is 2. The van der Waals surface area contributed by atoms with Crippen LogP contribution in [-0.4, -0.2) is 89.7 Å². The fourth-order valence-electron chi connectivity index (χ4n) is 2.47. The van der Waals surface area contributed by atoms with Gasteiger partial charge in [0.2, 0.25) is 5.91 Å². The summed E-state index contributed by atoms with van der Waals surface area (Å²) in [4.78, 5) is 14.0. The highest BCUT2D eigenvalue weighted by Gasteiger charge is 2.08. The van der Waals surface area contributed by atoms with Crippen molar-refractivity contribution >= 4 is 5.91 Å². The number of hydrogen-bond donors (Lipinski definition) is 2. The van der Waals surface area contributed by atoms with E-state index in [-0.39, 0.29) is 7.33 Å². The van der Waals surface area contributed by atoms with Crippen molar-refractivity contribution in [3.8, 4) is 0 Å². The van der Waals surface area contributed by atoms with Gasteiger partial charge in [-0.05, 0) is 5.92 Å². The fourth-order valence-corrected chi connectivity index (χ4v) is 2.47. The SMILES string of the molecule is CC.CCC(C)CC(=O)NCCOCCOCCOCCN1CCNCC1.[HH]. The van der Waals surface area contributed by atoms with E-state index >= 15 is 0 Å². The van der Waals surface area contributed by atoms with Crippen LogP contribution in [0.15, 0.2) is 0 Å². The van der Waals surface area contributed by atoms with Crippen molar-refractivity contribution in [3.05, 3.63) is 0 Å². The van der Waals surface area contributed by atoms with Gasteiger partial charge >= 0.3 is 0 Å². The lowest BCUT2D eigenvalue weighted by molar-refractivity contribution is -0.122. The smallest absolute Gasteiger partial charge is 0.220 e. The van der Waals surface area contributed by atoms with E-state index in [0.717, 1.165) is 45.8 Å². The lowest BCUT2D eigenvalue weighted by Gasteiger charge is -2.26. The second-order valence-electron chi connectivity index (χ2n) is 6.50. The summed E-state index contributed by atoms with van der Waals surface area (Å²) in [5, 5.41) is 6.21. The molecule has 0 aromatic rings. The molecule has 2 N–H and O–H groups in total. The van der Waals surface area contributed by atoms with Crippen molar-refractivity contribution in [3.63, 3.8) is 0 Å². The topological polar surface area (TPSA) is 72.1 Å². The molecule has 1 heterocycles. The van der Waals surface area contributed by atoms with Crippen LogP contribution in [0.5, 0.6) is 0 Å². The summed E-state index contributed by atoms with van der Waals surface area (Å²) < 4.78 is 16.5. The van der Waals surface area contributed by atoms with Crippen molar-refractivity contribution in [2.24, 2.45) is 5.92 Å². The molecule has 1 saturated heterocycles. The van der Waals surface area contributed by atoms with E-state index in [2.05, 4.69) is 29.4 Å². The van der Waals surface area contributed by atoms with E-state index in [1.54, 1.807) is 0 Å². The van der Waals surface area contributed by atoms with Crippen LogP contribution in [0.1, 0.15) is 42.0 Å². The van der Waals surface area contributed by atoms with Crippen molar-refractivity contribution in [2.45, 2.75) is 40.5 Å². The van der Waals surface area contributed by atoms with Gasteiger partial charge in [-0.15, -0.1) is 0 Å². The average Bonchev–Trinajstić information content (AvgIpc) is 2.71. The zero-order valence-electron chi connectivity index (χ0n) is 18.1. The molecule has 0 aromatic carbocycles. The Morgan fingerprint density at radius 3 is 2.19 bits per heavy atom. The highest BCUT2D eigenvalue weighted by Crippen LogP contribution is 2.05. The number of carbonyl (C=O) groups is 1. The molecule has 0 radical (unpaired) electrons. The average molecular weight is 392 g/mol. The van der Waals surface area contributed by atoms with Crippen molar-refractivity contribution in [1.29, 1.82) is 0 Å². The summed E-state index contributed by atoms with van der Waals surface area (Å²) in [6.07, 6.45) is 1.62. The Kier molecular flexibility index (Phi) is 19.5.